The van der Waals surface area contributed by atoms with Crippen molar-refractivity contribution in [2.45, 2.75) is 51.1 Å². The maximum absolute atomic E-state index is 12.6. The van der Waals surface area contributed by atoms with Crippen LogP contribution < -0.4 is 0 Å². The van der Waals surface area contributed by atoms with Crippen molar-refractivity contribution in [1.29, 1.82) is 0 Å². The molecule has 6 heteroatoms. The third-order valence-electron chi connectivity index (χ3n) is 6.15. The zero-order valence-electron chi connectivity index (χ0n) is 17.3. The van der Waals surface area contributed by atoms with Crippen molar-refractivity contribution in [2.24, 2.45) is 5.92 Å². The highest BCUT2D eigenvalue weighted by molar-refractivity contribution is 5.89. The number of rotatable bonds is 6. The van der Waals surface area contributed by atoms with Crippen LogP contribution in [-0.4, -0.2) is 45.8 Å². The normalized spacial score (nSPS) is 21.4. The molecule has 2 atom stereocenters. The molecule has 2 aliphatic rings. The van der Waals surface area contributed by atoms with Crippen LogP contribution in [-0.2, 0) is 20.9 Å². The summed E-state index contributed by atoms with van der Waals surface area (Å²) in [6, 6.07) is 10.4. The molecule has 1 amide bonds. The summed E-state index contributed by atoms with van der Waals surface area (Å²) in [5.74, 6) is 0.0554. The Morgan fingerprint density at radius 3 is 2.77 bits per heavy atom. The molecule has 0 unspecified atom stereocenters. The lowest BCUT2D eigenvalue weighted by Crippen LogP contribution is -2.50. The lowest BCUT2D eigenvalue weighted by Gasteiger charge is -2.44. The van der Waals surface area contributed by atoms with Crippen molar-refractivity contribution in [2.75, 3.05) is 13.2 Å². The number of hydrogen-bond acceptors (Lipinski definition) is 4. The molecule has 4 rings (SSSR count). The number of carbonyl (C=O) groups is 2. The van der Waals surface area contributed by atoms with E-state index >= 15 is 0 Å². The average molecular weight is 408 g/mol. The second-order valence-corrected chi connectivity index (χ2v) is 8.24. The Morgan fingerprint density at radius 1 is 1.10 bits per heavy atom. The Labute approximate surface area is 177 Å². The van der Waals surface area contributed by atoms with Crippen molar-refractivity contribution in [3.8, 4) is 0 Å². The van der Waals surface area contributed by atoms with Crippen molar-refractivity contribution < 1.29 is 14.3 Å². The minimum atomic E-state index is -0.503. The van der Waals surface area contributed by atoms with E-state index < -0.39 is 5.97 Å². The summed E-state index contributed by atoms with van der Waals surface area (Å²) in [6.45, 7) is 1.28. The summed E-state index contributed by atoms with van der Waals surface area (Å²) in [5.41, 5.74) is 1.97. The van der Waals surface area contributed by atoms with Crippen LogP contribution in [0.3, 0.4) is 0 Å². The van der Waals surface area contributed by atoms with Crippen molar-refractivity contribution in [1.82, 2.24) is 14.7 Å². The summed E-state index contributed by atoms with van der Waals surface area (Å²) < 4.78 is 7.04. The highest BCUT2D eigenvalue weighted by atomic mass is 16.5. The average Bonchev–Trinajstić information content (AvgIpc) is 3.23. The second kappa shape index (κ2) is 9.74. The number of fused-ring (bicyclic) bond motifs is 1. The van der Waals surface area contributed by atoms with E-state index in [1.807, 2.05) is 46.1 Å². The number of nitrogens with zero attached hydrogens (tertiary/aromatic N) is 3. The number of likely N-dealkylation sites (tertiary alicyclic amines) is 1. The number of carbonyl (C=O) groups excluding carboxylic acids is 2. The molecule has 1 aliphatic carbocycles. The summed E-state index contributed by atoms with van der Waals surface area (Å²) in [7, 11) is 0. The molecule has 30 heavy (non-hydrogen) atoms. The van der Waals surface area contributed by atoms with Gasteiger partial charge in [-0.3, -0.25) is 9.48 Å². The first-order chi connectivity index (χ1) is 14.7. The molecule has 2 heterocycles. The van der Waals surface area contributed by atoms with Crippen LogP contribution in [0.1, 0.15) is 49.7 Å². The predicted octanol–water partition coefficient (Wildman–Crippen LogP) is 3.67. The van der Waals surface area contributed by atoms with Gasteiger partial charge in [-0.25, -0.2) is 4.79 Å². The van der Waals surface area contributed by atoms with E-state index in [-0.39, 0.29) is 12.5 Å². The molecule has 158 valence electrons. The second-order valence-electron chi connectivity index (χ2n) is 8.24. The molecule has 1 saturated heterocycles. The van der Waals surface area contributed by atoms with Gasteiger partial charge in [0.2, 0.25) is 0 Å². The van der Waals surface area contributed by atoms with Crippen molar-refractivity contribution >= 4 is 18.0 Å². The zero-order valence-corrected chi connectivity index (χ0v) is 17.3. The molecule has 1 aromatic heterocycles. The summed E-state index contributed by atoms with van der Waals surface area (Å²) in [5, 5.41) is 4.32. The number of esters is 1. The molecule has 6 nitrogen and oxygen atoms in total. The van der Waals surface area contributed by atoms with Gasteiger partial charge in [0.1, 0.15) is 0 Å². The highest BCUT2D eigenvalue weighted by Crippen LogP contribution is 2.35. The topological polar surface area (TPSA) is 64.4 Å². The number of ether oxygens (including phenoxy) is 1. The van der Waals surface area contributed by atoms with Gasteiger partial charge in [-0.2, -0.15) is 5.10 Å². The van der Waals surface area contributed by atoms with E-state index in [0.29, 0.717) is 18.5 Å². The van der Waals surface area contributed by atoms with Gasteiger partial charge in [0.25, 0.3) is 5.91 Å². The predicted molar refractivity (Wildman–Crippen MR) is 114 cm³/mol. The van der Waals surface area contributed by atoms with Crippen LogP contribution >= 0.6 is 0 Å². The molecule has 1 aromatic carbocycles. The van der Waals surface area contributed by atoms with Gasteiger partial charge in [-0.05, 0) is 43.2 Å². The molecule has 1 aliphatic heterocycles. The number of amides is 1. The standard InChI is InChI=1S/C24H29N3O3/c28-23(27-14-6-10-21-9-4-5-11-22(21)27)18-30-24(29)13-12-20-15-25-26(17-20)16-19-7-2-1-3-8-19/h1-3,7-8,12-13,15,17,21-22H,4-6,9-11,14,16,18H2/b13-12+/t21-,22+/m1/s1. The van der Waals surface area contributed by atoms with E-state index in [1.54, 1.807) is 12.3 Å². The van der Waals surface area contributed by atoms with Gasteiger partial charge in [0, 0.05) is 30.4 Å². The number of aromatic nitrogens is 2. The third-order valence-corrected chi connectivity index (χ3v) is 6.15. The lowest BCUT2D eigenvalue weighted by molar-refractivity contribution is -0.151. The molecule has 2 fully saturated rings. The van der Waals surface area contributed by atoms with Gasteiger partial charge in [-0.1, -0.05) is 43.2 Å². The van der Waals surface area contributed by atoms with Crippen molar-refractivity contribution in [3.05, 3.63) is 59.9 Å². The van der Waals surface area contributed by atoms with E-state index in [0.717, 1.165) is 30.5 Å². The SMILES string of the molecule is O=C(/C=C/c1cnn(Cc2ccccc2)c1)OCC(=O)N1CCC[C@H]2CCCC[C@@H]21. The van der Waals surface area contributed by atoms with E-state index in [9.17, 15) is 9.59 Å². The van der Waals surface area contributed by atoms with Crippen LogP contribution in [0.25, 0.3) is 6.08 Å². The van der Waals surface area contributed by atoms with E-state index in [2.05, 4.69) is 5.10 Å². The Morgan fingerprint density at radius 2 is 1.90 bits per heavy atom. The van der Waals surface area contributed by atoms with Gasteiger partial charge in [-0.15, -0.1) is 0 Å². The lowest BCUT2D eigenvalue weighted by atomic mass is 9.78. The van der Waals surface area contributed by atoms with Crippen LogP contribution in [0, 0.1) is 5.92 Å². The summed E-state index contributed by atoms with van der Waals surface area (Å²) >= 11 is 0. The number of hydrogen-bond donors (Lipinski definition) is 0. The van der Waals surface area contributed by atoms with Gasteiger partial charge >= 0.3 is 5.97 Å². The van der Waals surface area contributed by atoms with Crippen LogP contribution in [0.5, 0.6) is 0 Å². The van der Waals surface area contributed by atoms with Crippen molar-refractivity contribution in [3.63, 3.8) is 0 Å². The van der Waals surface area contributed by atoms with Gasteiger partial charge < -0.3 is 9.64 Å². The zero-order chi connectivity index (χ0) is 20.8. The smallest absolute Gasteiger partial charge is 0.331 e. The molecule has 0 bridgehead atoms. The Hall–Kier alpha value is -2.89. The quantitative estimate of drug-likeness (QED) is 0.541. The fourth-order valence-electron chi connectivity index (χ4n) is 4.69. The largest absolute Gasteiger partial charge is 0.452 e. The first kappa shape index (κ1) is 20.4. The minimum Gasteiger partial charge on any atom is -0.452 e. The Bertz CT molecular complexity index is 888. The third kappa shape index (κ3) is 5.17. The van der Waals surface area contributed by atoms with E-state index in [1.165, 1.54) is 31.8 Å². The minimum absolute atomic E-state index is 0.0657. The summed E-state index contributed by atoms with van der Waals surface area (Å²) in [4.78, 5) is 26.7. The Balaban J connectivity index is 1.25. The maximum Gasteiger partial charge on any atom is 0.331 e. The van der Waals surface area contributed by atoms with Crippen LogP contribution in [0.4, 0.5) is 0 Å². The monoisotopic (exact) mass is 407 g/mol. The molecule has 0 N–H and O–H groups in total. The highest BCUT2D eigenvalue weighted by Gasteiger charge is 2.35. The fourth-order valence-corrected chi connectivity index (χ4v) is 4.69. The molecule has 2 aromatic rings. The molecule has 0 radical (unpaired) electrons. The number of piperidine rings is 1. The maximum atomic E-state index is 12.6. The van der Waals surface area contributed by atoms with Crippen LogP contribution in [0.15, 0.2) is 48.8 Å². The molecular formula is C24H29N3O3. The van der Waals surface area contributed by atoms with Gasteiger partial charge in [0.05, 0.1) is 12.7 Å². The van der Waals surface area contributed by atoms with Gasteiger partial charge in [0.15, 0.2) is 6.61 Å². The first-order valence-electron chi connectivity index (χ1n) is 10.9. The summed E-state index contributed by atoms with van der Waals surface area (Å²) in [6.07, 6.45) is 13.6. The molecule has 1 saturated carbocycles. The Kier molecular flexibility index (Phi) is 6.62. The number of benzene rings is 1. The van der Waals surface area contributed by atoms with E-state index in [4.69, 9.17) is 4.74 Å². The molecule has 0 spiro atoms. The molecular weight excluding hydrogens is 378 g/mol. The fraction of sp³-hybridized carbons (Fsp3) is 0.458. The van der Waals surface area contributed by atoms with Crippen LogP contribution in [0.2, 0.25) is 0 Å². The first-order valence-corrected chi connectivity index (χ1v) is 10.9.